The summed E-state index contributed by atoms with van der Waals surface area (Å²) in [6.07, 6.45) is 4.95. The lowest BCUT2D eigenvalue weighted by molar-refractivity contribution is 0.0940. The van der Waals surface area contributed by atoms with Crippen molar-refractivity contribution >= 4 is 0 Å². The van der Waals surface area contributed by atoms with Crippen LogP contribution in [-0.4, -0.2) is 23.8 Å². The van der Waals surface area contributed by atoms with Crippen molar-refractivity contribution < 1.29 is 5.11 Å². The van der Waals surface area contributed by atoms with Crippen LogP contribution >= 0.6 is 0 Å². The molecule has 2 heteroatoms. The van der Waals surface area contributed by atoms with Crippen molar-refractivity contribution in [1.82, 2.24) is 5.32 Å². The first-order valence-electron chi connectivity index (χ1n) is 8.00. The molecule has 2 aliphatic rings. The van der Waals surface area contributed by atoms with Gasteiger partial charge < -0.3 is 10.4 Å². The molecule has 0 heterocycles. The molecule has 2 N–H and O–H groups in total. The van der Waals surface area contributed by atoms with Crippen LogP contribution in [0.3, 0.4) is 0 Å². The highest BCUT2D eigenvalue weighted by Gasteiger charge is 2.61. The van der Waals surface area contributed by atoms with Gasteiger partial charge in [-0.2, -0.15) is 0 Å². The molecule has 112 valence electrons. The van der Waals surface area contributed by atoms with Crippen molar-refractivity contribution in [2.75, 3.05) is 6.61 Å². The quantitative estimate of drug-likeness (QED) is 0.816. The van der Waals surface area contributed by atoms with E-state index >= 15 is 0 Å². The molecule has 0 saturated heterocycles. The Kier molecular flexibility index (Phi) is 3.81. The van der Waals surface area contributed by atoms with Crippen LogP contribution in [0.4, 0.5) is 0 Å². The molecular formula is C17H33NO. The topological polar surface area (TPSA) is 32.3 Å². The van der Waals surface area contributed by atoms with Gasteiger partial charge in [-0.05, 0) is 47.8 Å². The van der Waals surface area contributed by atoms with Crippen LogP contribution in [0.15, 0.2) is 0 Å². The Labute approximate surface area is 119 Å². The van der Waals surface area contributed by atoms with Gasteiger partial charge in [-0.3, -0.25) is 0 Å². The van der Waals surface area contributed by atoms with Crippen LogP contribution in [-0.2, 0) is 0 Å². The van der Waals surface area contributed by atoms with Crippen molar-refractivity contribution in [2.24, 2.45) is 22.2 Å². The van der Waals surface area contributed by atoms with Gasteiger partial charge in [0.05, 0.1) is 0 Å². The Bertz CT molecular complexity index is 331. The zero-order valence-corrected chi connectivity index (χ0v) is 13.7. The molecule has 2 fully saturated rings. The largest absolute Gasteiger partial charge is 0.396 e. The SMILES string of the molecule is CC(C)(C)C(CCO)NC1CC2CCC1(C)C2(C)C. The van der Waals surface area contributed by atoms with Gasteiger partial charge in [-0.25, -0.2) is 0 Å². The van der Waals surface area contributed by atoms with Crippen LogP contribution in [0, 0.1) is 22.2 Å². The van der Waals surface area contributed by atoms with E-state index in [-0.39, 0.29) is 12.0 Å². The Morgan fingerprint density at radius 1 is 1.26 bits per heavy atom. The lowest BCUT2D eigenvalue weighted by Crippen LogP contribution is -2.52. The number of hydrogen-bond donors (Lipinski definition) is 2. The predicted molar refractivity (Wildman–Crippen MR) is 81.1 cm³/mol. The van der Waals surface area contributed by atoms with E-state index < -0.39 is 0 Å². The molecule has 19 heavy (non-hydrogen) atoms. The van der Waals surface area contributed by atoms with Gasteiger partial charge in [0.2, 0.25) is 0 Å². The maximum absolute atomic E-state index is 9.33. The molecule has 2 bridgehead atoms. The molecule has 0 amide bonds. The third-order valence-corrected chi connectivity index (χ3v) is 6.66. The predicted octanol–water partition coefficient (Wildman–Crippen LogP) is 3.59. The Morgan fingerprint density at radius 3 is 2.26 bits per heavy atom. The first-order valence-corrected chi connectivity index (χ1v) is 8.00. The zero-order valence-electron chi connectivity index (χ0n) is 13.7. The standard InChI is InChI=1S/C17H33NO/c1-15(2,3)13(8-10-19)18-14-11-12-7-9-17(14,6)16(12,4)5/h12-14,18-19H,7-11H2,1-6H3. The fraction of sp³-hybridized carbons (Fsp3) is 1.00. The zero-order chi connectivity index (χ0) is 14.5. The second-order valence-corrected chi connectivity index (χ2v) is 8.76. The maximum Gasteiger partial charge on any atom is 0.0446 e. The molecule has 0 aromatic rings. The number of hydrogen-bond acceptors (Lipinski definition) is 2. The minimum Gasteiger partial charge on any atom is -0.396 e. The average Bonchev–Trinajstić information content (AvgIpc) is 2.60. The van der Waals surface area contributed by atoms with E-state index in [1.54, 1.807) is 0 Å². The van der Waals surface area contributed by atoms with Crippen molar-refractivity contribution in [1.29, 1.82) is 0 Å². The summed E-state index contributed by atoms with van der Waals surface area (Å²) in [5, 5.41) is 13.3. The van der Waals surface area contributed by atoms with Crippen LogP contribution in [0.5, 0.6) is 0 Å². The monoisotopic (exact) mass is 267 g/mol. The third kappa shape index (κ3) is 2.35. The fourth-order valence-electron chi connectivity index (χ4n) is 4.59. The van der Waals surface area contributed by atoms with Gasteiger partial charge in [0.25, 0.3) is 0 Å². The molecule has 2 nitrogen and oxygen atoms in total. The van der Waals surface area contributed by atoms with Crippen molar-refractivity contribution in [3.05, 3.63) is 0 Å². The first-order chi connectivity index (χ1) is 8.63. The molecule has 2 aliphatic carbocycles. The van der Waals surface area contributed by atoms with E-state index in [1.807, 2.05) is 0 Å². The number of nitrogens with one attached hydrogen (secondary N) is 1. The van der Waals surface area contributed by atoms with Crippen molar-refractivity contribution in [2.45, 2.75) is 79.3 Å². The Morgan fingerprint density at radius 2 is 1.89 bits per heavy atom. The molecule has 4 unspecified atom stereocenters. The highest BCUT2D eigenvalue weighted by Crippen LogP contribution is 2.65. The minimum absolute atomic E-state index is 0.213. The first kappa shape index (κ1) is 15.3. The second kappa shape index (κ2) is 4.73. The molecule has 2 rings (SSSR count). The van der Waals surface area contributed by atoms with Crippen LogP contribution in [0.1, 0.15) is 67.2 Å². The summed E-state index contributed by atoms with van der Waals surface area (Å²) in [5.74, 6) is 0.879. The summed E-state index contributed by atoms with van der Waals surface area (Å²) in [6.45, 7) is 14.5. The number of aliphatic hydroxyl groups excluding tert-OH is 1. The molecule has 0 aliphatic heterocycles. The van der Waals surface area contributed by atoms with E-state index in [1.165, 1.54) is 19.3 Å². The lowest BCUT2D eigenvalue weighted by Gasteiger charge is -2.43. The summed E-state index contributed by atoms with van der Waals surface area (Å²) < 4.78 is 0. The van der Waals surface area contributed by atoms with E-state index in [0.717, 1.165) is 12.3 Å². The molecule has 0 radical (unpaired) electrons. The molecule has 4 atom stereocenters. The minimum atomic E-state index is 0.213. The van der Waals surface area contributed by atoms with Gasteiger partial charge in [0, 0.05) is 18.7 Å². The van der Waals surface area contributed by atoms with Gasteiger partial charge >= 0.3 is 0 Å². The maximum atomic E-state index is 9.33. The number of rotatable bonds is 4. The summed E-state index contributed by atoms with van der Waals surface area (Å²) >= 11 is 0. The summed E-state index contributed by atoms with van der Waals surface area (Å²) in [5.41, 5.74) is 1.11. The molecule has 0 aromatic carbocycles. The summed E-state index contributed by atoms with van der Waals surface area (Å²) in [7, 11) is 0. The van der Waals surface area contributed by atoms with Gasteiger partial charge in [-0.1, -0.05) is 41.5 Å². The average molecular weight is 267 g/mol. The van der Waals surface area contributed by atoms with Crippen molar-refractivity contribution in [3.63, 3.8) is 0 Å². The Balaban J connectivity index is 2.12. The van der Waals surface area contributed by atoms with E-state index in [9.17, 15) is 5.11 Å². The van der Waals surface area contributed by atoms with Crippen LogP contribution in [0.25, 0.3) is 0 Å². The van der Waals surface area contributed by atoms with E-state index in [0.29, 0.717) is 22.9 Å². The lowest BCUT2D eigenvalue weighted by atomic mass is 9.68. The summed E-state index contributed by atoms with van der Waals surface area (Å²) in [6, 6.07) is 1.03. The third-order valence-electron chi connectivity index (χ3n) is 6.66. The smallest absolute Gasteiger partial charge is 0.0446 e. The van der Waals surface area contributed by atoms with Crippen LogP contribution < -0.4 is 5.32 Å². The van der Waals surface area contributed by atoms with E-state index in [4.69, 9.17) is 0 Å². The highest BCUT2D eigenvalue weighted by molar-refractivity contribution is 5.13. The van der Waals surface area contributed by atoms with Crippen molar-refractivity contribution in [3.8, 4) is 0 Å². The molecular weight excluding hydrogens is 234 g/mol. The normalized spacial score (nSPS) is 38.7. The molecule has 0 spiro atoms. The van der Waals surface area contributed by atoms with Gasteiger partial charge in [-0.15, -0.1) is 0 Å². The van der Waals surface area contributed by atoms with Crippen LogP contribution in [0.2, 0.25) is 0 Å². The second-order valence-electron chi connectivity index (χ2n) is 8.76. The highest BCUT2D eigenvalue weighted by atomic mass is 16.3. The van der Waals surface area contributed by atoms with Gasteiger partial charge in [0.1, 0.15) is 0 Å². The molecule has 2 saturated carbocycles. The van der Waals surface area contributed by atoms with E-state index in [2.05, 4.69) is 46.9 Å². The number of fused-ring (bicyclic) bond motifs is 2. The van der Waals surface area contributed by atoms with Gasteiger partial charge in [0.15, 0.2) is 0 Å². The Hall–Kier alpha value is -0.0800. The fourth-order valence-corrected chi connectivity index (χ4v) is 4.59. The summed E-state index contributed by atoms with van der Waals surface area (Å²) in [4.78, 5) is 0. The molecule has 0 aromatic heterocycles. The number of aliphatic hydroxyl groups is 1.